The molecule has 0 bridgehead atoms. The van der Waals surface area contributed by atoms with Crippen LogP contribution in [0, 0.1) is 0 Å². The Morgan fingerprint density at radius 3 is 1.00 bits per heavy atom. The van der Waals surface area contributed by atoms with E-state index in [0.29, 0.717) is 50.3 Å². The van der Waals surface area contributed by atoms with Crippen LogP contribution in [0.3, 0.4) is 0 Å². The maximum absolute atomic E-state index is 13.1. The Bertz CT molecular complexity index is 3700. The molecule has 68 heavy (non-hydrogen) atoms. The van der Waals surface area contributed by atoms with Crippen LogP contribution in [0.5, 0.6) is 0 Å². The number of ketones is 1. The molecule has 0 saturated heterocycles. The maximum Gasteiger partial charge on any atom is 0.294 e. The third kappa shape index (κ3) is 11.5. The van der Waals surface area contributed by atoms with Crippen molar-refractivity contribution in [3.63, 3.8) is 0 Å². The van der Waals surface area contributed by atoms with Crippen LogP contribution in [0.15, 0.2) is 219 Å². The fraction of sp³-hybridized carbons (Fsp3) is 0.0426. The van der Waals surface area contributed by atoms with E-state index >= 15 is 0 Å². The molecule has 8 aromatic rings. The van der Waals surface area contributed by atoms with Gasteiger partial charge in [0.15, 0.2) is 0 Å². The summed E-state index contributed by atoms with van der Waals surface area (Å²) in [5.74, 6) is -0.0444. The highest BCUT2D eigenvalue weighted by Crippen LogP contribution is 2.38. The molecule has 0 atom stereocenters. The number of Topliss-reactive ketones (excluding diaryl/α,β-unsaturated/α-hetero) is 1. The summed E-state index contributed by atoms with van der Waals surface area (Å²) >= 11 is 0. The monoisotopic (exact) mass is 966 g/mol. The predicted octanol–water partition coefficient (Wildman–Crippen LogP) is 12.7. The van der Waals surface area contributed by atoms with Crippen LogP contribution in [0.1, 0.15) is 11.1 Å². The van der Waals surface area contributed by atoms with Crippen molar-refractivity contribution in [2.24, 2.45) is 40.9 Å². The minimum atomic E-state index is -4.59. The summed E-state index contributed by atoms with van der Waals surface area (Å²) in [5, 5.41) is 35.9. The Morgan fingerprint density at radius 2 is 0.647 bits per heavy atom. The molecule has 3 N–H and O–H groups in total. The lowest BCUT2D eigenvalue weighted by atomic mass is 10.0. The zero-order valence-corrected chi connectivity index (χ0v) is 37.5. The van der Waals surface area contributed by atoms with Gasteiger partial charge < -0.3 is 0 Å². The van der Waals surface area contributed by atoms with Crippen LogP contribution in [-0.4, -0.2) is 44.7 Å². The third-order valence-corrected chi connectivity index (χ3v) is 12.7. The zero-order valence-electron chi connectivity index (χ0n) is 35.0. The Balaban J connectivity index is 0.920. The summed E-state index contributed by atoms with van der Waals surface area (Å²) in [6, 6.07) is 42.2. The lowest BCUT2D eigenvalue weighted by molar-refractivity contribution is -0.117. The van der Waals surface area contributed by atoms with Crippen molar-refractivity contribution in [1.82, 2.24) is 0 Å². The van der Waals surface area contributed by atoms with Crippen LogP contribution in [0.2, 0.25) is 0 Å². The molecule has 0 aromatic heterocycles. The first-order valence-electron chi connectivity index (χ1n) is 20.0. The third-order valence-electron chi connectivity index (χ3n) is 10.1. The summed E-state index contributed by atoms with van der Waals surface area (Å²) in [6.07, 6.45) is 0.300. The summed E-state index contributed by atoms with van der Waals surface area (Å²) in [6.45, 7) is 0. The minimum Gasteiger partial charge on any atom is -0.299 e. The molecule has 0 saturated carbocycles. The average Bonchev–Trinajstić information content (AvgIpc) is 3.31. The van der Waals surface area contributed by atoms with Gasteiger partial charge in [0.05, 0.1) is 60.2 Å². The largest absolute Gasteiger partial charge is 0.299 e. The van der Waals surface area contributed by atoms with Crippen molar-refractivity contribution in [3.05, 3.63) is 175 Å². The Hall–Kier alpha value is -7.92. The highest BCUT2D eigenvalue weighted by atomic mass is 32.2. The molecule has 8 rings (SSSR count). The van der Waals surface area contributed by atoms with Crippen molar-refractivity contribution in [2.45, 2.75) is 27.5 Å². The molecule has 0 fully saturated rings. The molecule has 340 valence electrons. The second-order valence-corrected chi connectivity index (χ2v) is 19.2. The van der Waals surface area contributed by atoms with E-state index in [-0.39, 0.29) is 45.2 Å². The normalized spacial score (nSPS) is 12.6. The van der Waals surface area contributed by atoms with Crippen LogP contribution in [0.4, 0.5) is 45.5 Å². The van der Waals surface area contributed by atoms with E-state index in [0.717, 1.165) is 23.3 Å². The number of carbonyl (C=O) groups excluding carboxylic acids is 1. The van der Waals surface area contributed by atoms with E-state index < -0.39 is 35.2 Å². The second-order valence-electron chi connectivity index (χ2n) is 14.9. The van der Waals surface area contributed by atoms with Gasteiger partial charge in [0.25, 0.3) is 30.4 Å². The highest BCUT2D eigenvalue weighted by Gasteiger charge is 2.16. The maximum atomic E-state index is 13.1. The molecule has 0 amide bonds. The first-order chi connectivity index (χ1) is 32.5. The lowest BCUT2D eigenvalue weighted by Crippen LogP contribution is -2.06. The SMILES string of the molecule is O=C(Cc1ccc(N=Nc2ccc(N=Nc3ccccc3)c3cc(S(=O)(=O)O)ccc23)cc1)Cc1ccc(N=Nc2ccc(N=Nc3ccc(S(=O)(=O)O)cc3)c3cc(S(=O)(=O)O)ccc23)cc1. The van der Waals surface area contributed by atoms with Crippen LogP contribution in [0.25, 0.3) is 21.5 Å². The van der Waals surface area contributed by atoms with Crippen LogP contribution in [-0.2, 0) is 48.0 Å². The smallest absolute Gasteiger partial charge is 0.294 e. The number of nitrogens with zero attached hydrogens (tertiary/aromatic N) is 8. The Kier molecular flexibility index (Phi) is 13.4. The molecular weight excluding hydrogens is 933 g/mol. The highest BCUT2D eigenvalue weighted by molar-refractivity contribution is 7.86. The molecule has 21 heteroatoms. The molecule has 0 aliphatic rings. The van der Waals surface area contributed by atoms with Gasteiger partial charge in [0, 0.05) is 34.4 Å². The van der Waals surface area contributed by atoms with E-state index in [1.54, 1.807) is 78.9 Å². The van der Waals surface area contributed by atoms with Gasteiger partial charge in [-0.1, -0.05) is 54.6 Å². The molecule has 0 aliphatic carbocycles. The molecular formula is C47H34N8O10S3. The van der Waals surface area contributed by atoms with Crippen molar-refractivity contribution >= 4 is 103 Å². The summed E-state index contributed by atoms with van der Waals surface area (Å²) in [5.41, 5.74) is 4.62. The molecule has 0 heterocycles. The van der Waals surface area contributed by atoms with Crippen molar-refractivity contribution in [1.29, 1.82) is 0 Å². The molecule has 0 radical (unpaired) electrons. The van der Waals surface area contributed by atoms with Gasteiger partial charge in [-0.15, -0.1) is 20.5 Å². The van der Waals surface area contributed by atoms with Crippen molar-refractivity contribution in [3.8, 4) is 0 Å². The first kappa shape index (κ1) is 46.6. The van der Waals surface area contributed by atoms with Gasteiger partial charge in [-0.05, 0) is 120 Å². The minimum absolute atomic E-state index is 0.0444. The summed E-state index contributed by atoms with van der Waals surface area (Å²) in [7, 11) is -13.5. The van der Waals surface area contributed by atoms with E-state index in [4.69, 9.17) is 0 Å². The number of fused-ring (bicyclic) bond motifs is 2. The molecule has 0 spiro atoms. The lowest BCUT2D eigenvalue weighted by Gasteiger charge is -2.07. The van der Waals surface area contributed by atoms with Gasteiger partial charge in [0.1, 0.15) is 5.78 Å². The second kappa shape index (κ2) is 19.5. The number of carbonyl (C=O) groups is 1. The summed E-state index contributed by atoms with van der Waals surface area (Å²) < 4.78 is 99.3. The number of hydrogen-bond donors (Lipinski definition) is 3. The number of azo groups is 4. The zero-order chi connectivity index (χ0) is 48.1. The van der Waals surface area contributed by atoms with Crippen molar-refractivity contribution in [2.75, 3.05) is 0 Å². The fourth-order valence-corrected chi connectivity index (χ4v) is 8.26. The van der Waals surface area contributed by atoms with E-state index in [2.05, 4.69) is 40.9 Å². The van der Waals surface area contributed by atoms with Gasteiger partial charge in [-0.3, -0.25) is 18.5 Å². The van der Waals surface area contributed by atoms with Gasteiger partial charge in [0.2, 0.25) is 0 Å². The molecule has 0 unspecified atom stereocenters. The Labute approximate surface area is 388 Å². The number of hydrogen-bond acceptors (Lipinski definition) is 15. The fourth-order valence-electron chi connectivity index (χ4n) is 6.77. The van der Waals surface area contributed by atoms with E-state index in [9.17, 15) is 43.7 Å². The van der Waals surface area contributed by atoms with Crippen LogP contribution >= 0.6 is 0 Å². The van der Waals surface area contributed by atoms with E-state index in [1.807, 2.05) is 18.2 Å². The van der Waals surface area contributed by atoms with Gasteiger partial charge in [-0.25, -0.2) is 0 Å². The predicted molar refractivity (Wildman–Crippen MR) is 252 cm³/mol. The van der Waals surface area contributed by atoms with Crippen LogP contribution < -0.4 is 0 Å². The number of benzene rings is 8. The molecule has 18 nitrogen and oxygen atoms in total. The number of rotatable bonds is 15. The van der Waals surface area contributed by atoms with Gasteiger partial charge >= 0.3 is 0 Å². The van der Waals surface area contributed by atoms with Crippen molar-refractivity contribution < 1.29 is 43.7 Å². The first-order valence-corrected chi connectivity index (χ1v) is 24.4. The van der Waals surface area contributed by atoms with E-state index in [1.165, 1.54) is 54.6 Å². The standard InChI is InChI=1S/C47H34N8O10S3/c56-36(26-30-6-10-33(11-7-30)49-52-44-22-24-46(54-48-32-4-2-1-3-5-32)42-28-38(67(60,61)62)18-20-40(42)44)27-31-8-12-34(13-9-31)50-53-45-23-25-47(43-29-39(68(63,64)65)19-21-41(43)45)55-51-35-14-16-37(17-15-35)66(57,58)59/h1-25,28-29H,26-27H2,(H,57,58,59)(H,60,61,62)(H,63,64,65). The summed E-state index contributed by atoms with van der Waals surface area (Å²) in [4.78, 5) is 12.1. The van der Waals surface area contributed by atoms with Gasteiger partial charge in [-0.2, -0.15) is 45.7 Å². The Morgan fingerprint density at radius 1 is 0.338 bits per heavy atom. The molecule has 8 aromatic carbocycles. The quantitative estimate of drug-likeness (QED) is 0.0645. The topological polar surface area (TPSA) is 279 Å². The molecule has 0 aliphatic heterocycles. The average molecular weight is 967 g/mol.